The zero-order valence-corrected chi connectivity index (χ0v) is 11.6. The highest BCUT2D eigenvalue weighted by molar-refractivity contribution is 5.33. The third kappa shape index (κ3) is 6.35. The number of hydrogen-bond donors (Lipinski definition) is 0. The van der Waals surface area contributed by atoms with Gasteiger partial charge >= 0.3 is 0 Å². The van der Waals surface area contributed by atoms with Crippen LogP contribution >= 0.6 is 0 Å². The summed E-state index contributed by atoms with van der Waals surface area (Å²) in [5, 5.41) is 8.75. The lowest BCUT2D eigenvalue weighted by Crippen LogP contribution is -1.98. The Morgan fingerprint density at radius 3 is 2.63 bits per heavy atom. The minimum atomic E-state index is -0.304. The zero-order valence-electron chi connectivity index (χ0n) is 11.6. The van der Waals surface area contributed by atoms with Gasteiger partial charge in [0.1, 0.15) is 5.82 Å². The van der Waals surface area contributed by atoms with Crippen LogP contribution in [-0.4, -0.2) is 6.61 Å². The summed E-state index contributed by atoms with van der Waals surface area (Å²) >= 11 is 0. The molecule has 1 aromatic rings. The molecule has 0 unspecified atom stereocenters. The molecule has 0 aliphatic carbocycles. The van der Waals surface area contributed by atoms with Crippen LogP contribution in [0.2, 0.25) is 0 Å². The number of halogens is 1. The molecule has 104 valence electrons. The maximum absolute atomic E-state index is 13.4. The lowest BCUT2D eigenvalue weighted by Gasteiger charge is -2.06. The SMILES string of the molecule is CCCCCCCCOCc1cc(C#N)ccc1F. The molecule has 0 N–H and O–H groups in total. The molecule has 0 heterocycles. The molecule has 1 rings (SSSR count). The van der Waals surface area contributed by atoms with Gasteiger partial charge in [0.2, 0.25) is 0 Å². The van der Waals surface area contributed by atoms with Crippen molar-refractivity contribution in [3.8, 4) is 6.07 Å². The van der Waals surface area contributed by atoms with Gasteiger partial charge in [0.15, 0.2) is 0 Å². The summed E-state index contributed by atoms with van der Waals surface area (Å²) in [6.07, 6.45) is 7.27. The number of rotatable bonds is 9. The van der Waals surface area contributed by atoms with Crippen LogP contribution in [0, 0.1) is 17.1 Å². The van der Waals surface area contributed by atoms with Crippen molar-refractivity contribution < 1.29 is 9.13 Å². The molecule has 0 aliphatic rings. The van der Waals surface area contributed by atoms with E-state index in [0.717, 1.165) is 6.42 Å². The second-order valence-corrected chi connectivity index (χ2v) is 4.74. The van der Waals surface area contributed by atoms with Crippen molar-refractivity contribution in [2.24, 2.45) is 0 Å². The van der Waals surface area contributed by atoms with E-state index < -0.39 is 0 Å². The molecule has 19 heavy (non-hydrogen) atoms. The molecule has 0 spiro atoms. The number of unbranched alkanes of at least 4 members (excludes halogenated alkanes) is 5. The van der Waals surface area contributed by atoms with Crippen LogP contribution in [0.1, 0.15) is 56.6 Å². The van der Waals surface area contributed by atoms with E-state index in [1.165, 1.54) is 44.2 Å². The van der Waals surface area contributed by atoms with Gasteiger partial charge in [0, 0.05) is 12.2 Å². The quantitative estimate of drug-likeness (QED) is 0.611. The third-order valence-corrected chi connectivity index (χ3v) is 3.07. The molecule has 0 aliphatic heterocycles. The normalized spacial score (nSPS) is 10.4. The first kappa shape index (κ1) is 15.7. The van der Waals surface area contributed by atoms with Crippen LogP contribution in [0.4, 0.5) is 4.39 Å². The lowest BCUT2D eigenvalue weighted by molar-refractivity contribution is 0.114. The van der Waals surface area contributed by atoms with E-state index in [9.17, 15) is 4.39 Å². The molecular weight excluding hydrogens is 241 g/mol. The van der Waals surface area contributed by atoms with E-state index in [1.54, 1.807) is 6.07 Å². The van der Waals surface area contributed by atoms with Crippen LogP contribution in [-0.2, 0) is 11.3 Å². The van der Waals surface area contributed by atoms with E-state index in [0.29, 0.717) is 17.7 Å². The highest BCUT2D eigenvalue weighted by Crippen LogP contribution is 2.12. The van der Waals surface area contributed by atoms with Gasteiger partial charge in [0.25, 0.3) is 0 Å². The number of benzene rings is 1. The summed E-state index contributed by atoms with van der Waals surface area (Å²) in [4.78, 5) is 0. The number of nitriles is 1. The van der Waals surface area contributed by atoms with Crippen LogP contribution < -0.4 is 0 Å². The molecule has 0 fully saturated rings. The average molecular weight is 263 g/mol. The van der Waals surface area contributed by atoms with Crippen LogP contribution in [0.5, 0.6) is 0 Å². The molecule has 0 amide bonds. The Morgan fingerprint density at radius 1 is 1.16 bits per heavy atom. The van der Waals surface area contributed by atoms with Crippen molar-refractivity contribution in [1.82, 2.24) is 0 Å². The van der Waals surface area contributed by atoms with Gasteiger partial charge < -0.3 is 4.74 Å². The molecule has 1 aromatic carbocycles. The fourth-order valence-electron chi connectivity index (χ4n) is 1.92. The zero-order chi connectivity index (χ0) is 13.9. The van der Waals surface area contributed by atoms with Gasteiger partial charge in [-0.1, -0.05) is 39.0 Å². The van der Waals surface area contributed by atoms with Crippen LogP contribution in [0.3, 0.4) is 0 Å². The second-order valence-electron chi connectivity index (χ2n) is 4.74. The van der Waals surface area contributed by atoms with Gasteiger partial charge in [-0.15, -0.1) is 0 Å². The maximum atomic E-state index is 13.4. The first-order valence-electron chi connectivity index (χ1n) is 7.04. The van der Waals surface area contributed by atoms with Gasteiger partial charge in [-0.3, -0.25) is 0 Å². The van der Waals surface area contributed by atoms with Crippen LogP contribution in [0.15, 0.2) is 18.2 Å². The predicted octanol–water partition coefficient (Wildman–Crippen LogP) is 4.57. The summed E-state index contributed by atoms with van der Waals surface area (Å²) in [6, 6.07) is 6.35. The van der Waals surface area contributed by atoms with E-state index in [-0.39, 0.29) is 12.4 Å². The van der Waals surface area contributed by atoms with Crippen molar-refractivity contribution in [3.05, 3.63) is 35.1 Å². The summed E-state index contributed by atoms with van der Waals surface area (Å²) < 4.78 is 18.9. The van der Waals surface area contributed by atoms with Crippen molar-refractivity contribution in [2.75, 3.05) is 6.61 Å². The molecule has 0 saturated carbocycles. The largest absolute Gasteiger partial charge is 0.377 e. The molecule has 0 saturated heterocycles. The van der Waals surface area contributed by atoms with E-state index in [1.807, 2.05) is 6.07 Å². The Bertz CT molecular complexity index is 412. The minimum absolute atomic E-state index is 0.246. The first-order valence-corrected chi connectivity index (χ1v) is 7.04. The highest BCUT2D eigenvalue weighted by atomic mass is 19.1. The number of ether oxygens (including phenoxy) is 1. The Kier molecular flexibility index (Phi) is 7.84. The smallest absolute Gasteiger partial charge is 0.128 e. The topological polar surface area (TPSA) is 33.0 Å². The Labute approximate surface area is 115 Å². The summed E-state index contributed by atoms with van der Waals surface area (Å²) in [5.74, 6) is -0.304. The fourth-order valence-corrected chi connectivity index (χ4v) is 1.92. The highest BCUT2D eigenvalue weighted by Gasteiger charge is 2.03. The van der Waals surface area contributed by atoms with Crippen molar-refractivity contribution in [1.29, 1.82) is 5.26 Å². The Morgan fingerprint density at radius 2 is 1.89 bits per heavy atom. The first-order chi connectivity index (χ1) is 9.27. The van der Waals surface area contributed by atoms with Crippen molar-refractivity contribution in [3.63, 3.8) is 0 Å². The Hall–Kier alpha value is -1.40. The number of nitrogens with zero attached hydrogens (tertiary/aromatic N) is 1. The predicted molar refractivity (Wildman–Crippen MR) is 74.1 cm³/mol. The minimum Gasteiger partial charge on any atom is -0.377 e. The summed E-state index contributed by atoms with van der Waals surface area (Å²) in [7, 11) is 0. The van der Waals surface area contributed by atoms with E-state index >= 15 is 0 Å². The summed E-state index contributed by atoms with van der Waals surface area (Å²) in [6.45, 7) is 3.10. The monoisotopic (exact) mass is 263 g/mol. The molecular formula is C16H22FNO. The van der Waals surface area contributed by atoms with Gasteiger partial charge in [-0.2, -0.15) is 5.26 Å². The standard InChI is InChI=1S/C16H22FNO/c1-2-3-4-5-6-7-10-19-13-15-11-14(12-18)8-9-16(15)17/h8-9,11H,2-7,10,13H2,1H3. The third-order valence-electron chi connectivity index (χ3n) is 3.07. The second kappa shape index (κ2) is 9.52. The van der Waals surface area contributed by atoms with Crippen molar-refractivity contribution in [2.45, 2.75) is 52.1 Å². The van der Waals surface area contributed by atoms with Gasteiger partial charge in [0.05, 0.1) is 18.2 Å². The van der Waals surface area contributed by atoms with Crippen LogP contribution in [0.25, 0.3) is 0 Å². The summed E-state index contributed by atoms with van der Waals surface area (Å²) in [5.41, 5.74) is 0.935. The molecule has 3 heteroatoms. The van der Waals surface area contributed by atoms with E-state index in [4.69, 9.17) is 10.00 Å². The maximum Gasteiger partial charge on any atom is 0.128 e. The average Bonchev–Trinajstić information content (AvgIpc) is 2.43. The Balaban J connectivity index is 2.17. The molecule has 0 atom stereocenters. The lowest BCUT2D eigenvalue weighted by atomic mass is 10.1. The van der Waals surface area contributed by atoms with Gasteiger partial charge in [-0.05, 0) is 24.6 Å². The fraction of sp³-hybridized carbons (Fsp3) is 0.562. The molecule has 0 radical (unpaired) electrons. The number of hydrogen-bond acceptors (Lipinski definition) is 2. The molecule has 2 nitrogen and oxygen atoms in total. The molecule has 0 aromatic heterocycles. The van der Waals surface area contributed by atoms with Crippen molar-refractivity contribution >= 4 is 0 Å². The molecule has 0 bridgehead atoms. The van der Waals surface area contributed by atoms with Gasteiger partial charge in [-0.25, -0.2) is 4.39 Å². The van der Waals surface area contributed by atoms with E-state index in [2.05, 4.69) is 6.92 Å².